The lowest BCUT2D eigenvalue weighted by Crippen LogP contribution is -2.53. The molecular formula is C30H38N4O6. The van der Waals surface area contributed by atoms with E-state index in [1.54, 1.807) is 0 Å². The van der Waals surface area contributed by atoms with Crippen molar-refractivity contribution in [2.24, 2.45) is 11.8 Å². The lowest BCUT2D eigenvalue weighted by molar-refractivity contribution is -0.129. The molecule has 40 heavy (non-hydrogen) atoms. The first-order valence-electron chi connectivity index (χ1n) is 13.5. The highest BCUT2D eigenvalue weighted by atomic mass is 16.5. The molecule has 1 heterocycles. The smallest absolute Gasteiger partial charge is 0.442 e. The van der Waals surface area contributed by atoms with Crippen molar-refractivity contribution in [1.82, 2.24) is 20.4 Å². The Hall–Kier alpha value is -4.21. The molecule has 10 nitrogen and oxygen atoms in total. The Kier molecular flexibility index (Phi) is 11.2. The number of alkyl carbamates (subject to hydrolysis) is 1. The maximum Gasteiger partial charge on any atom is 0.442 e. The Morgan fingerprint density at radius 1 is 0.850 bits per heavy atom. The Balaban J connectivity index is 1.69. The van der Waals surface area contributed by atoms with Crippen LogP contribution in [0.3, 0.4) is 0 Å². The molecule has 0 aliphatic heterocycles. The number of benzene rings is 2. The molecule has 3 rings (SSSR count). The first-order chi connectivity index (χ1) is 19.1. The van der Waals surface area contributed by atoms with E-state index in [2.05, 4.69) is 15.8 Å². The summed E-state index contributed by atoms with van der Waals surface area (Å²) in [6.45, 7) is 7.49. The molecular weight excluding hydrogens is 512 g/mol. The fourth-order valence-electron chi connectivity index (χ4n) is 4.25. The number of aromatic nitrogens is 2. The van der Waals surface area contributed by atoms with Crippen LogP contribution in [0.2, 0.25) is 0 Å². The average Bonchev–Trinajstić information content (AvgIpc) is 3.25. The predicted octanol–water partition coefficient (Wildman–Crippen LogP) is 3.87. The number of rotatable bonds is 14. The summed E-state index contributed by atoms with van der Waals surface area (Å²) >= 11 is 0. The molecule has 0 spiro atoms. The van der Waals surface area contributed by atoms with Crippen molar-refractivity contribution in [2.75, 3.05) is 0 Å². The summed E-state index contributed by atoms with van der Waals surface area (Å²) in [5, 5.41) is 9.30. The molecule has 214 valence electrons. The minimum absolute atomic E-state index is 0.0654. The fourth-order valence-corrected chi connectivity index (χ4v) is 4.25. The van der Waals surface area contributed by atoms with Gasteiger partial charge in [-0.2, -0.15) is 0 Å². The zero-order valence-corrected chi connectivity index (χ0v) is 23.5. The van der Waals surface area contributed by atoms with Gasteiger partial charge in [-0.15, -0.1) is 0 Å². The van der Waals surface area contributed by atoms with Crippen LogP contribution in [0, 0.1) is 11.8 Å². The zero-order chi connectivity index (χ0) is 29.1. The Morgan fingerprint density at radius 2 is 1.43 bits per heavy atom. The number of carbonyl (C=O) groups excluding carboxylic acids is 3. The zero-order valence-electron chi connectivity index (χ0n) is 23.5. The van der Waals surface area contributed by atoms with Crippen molar-refractivity contribution in [1.29, 1.82) is 0 Å². The summed E-state index contributed by atoms with van der Waals surface area (Å²) in [6, 6.07) is 16.8. The fraction of sp³-hybridized carbons (Fsp3) is 0.433. The first kappa shape index (κ1) is 30.3. The normalized spacial score (nSPS) is 12.7. The summed E-state index contributed by atoms with van der Waals surface area (Å²) in [6.07, 6.45) is 0.289. The second-order valence-corrected chi connectivity index (χ2v) is 10.7. The van der Waals surface area contributed by atoms with Crippen molar-refractivity contribution >= 4 is 17.8 Å². The standard InChI is InChI=1S/C30H38N4O6/c1-20(2)15-24(26(35)18-34-27(33-40-30(34)38)17-22-11-7-5-8-12-22)31-28(36)25(16-21(3)4)32-29(37)39-19-23-13-9-6-10-14-23/h5-14,20-21,24-25H,15-19H2,1-4H3,(H,31,36)(H,32,37)/t24-,25-/m0/s1. The number of hydrogen-bond donors (Lipinski definition) is 2. The van der Waals surface area contributed by atoms with Gasteiger partial charge in [-0.1, -0.05) is 93.5 Å². The highest BCUT2D eigenvalue weighted by Crippen LogP contribution is 2.12. The molecule has 3 aromatic rings. The summed E-state index contributed by atoms with van der Waals surface area (Å²) < 4.78 is 11.3. The first-order valence-corrected chi connectivity index (χ1v) is 13.5. The second kappa shape index (κ2) is 14.8. The van der Waals surface area contributed by atoms with Gasteiger partial charge in [0, 0.05) is 6.42 Å². The van der Waals surface area contributed by atoms with E-state index in [1.807, 2.05) is 88.4 Å². The molecule has 2 N–H and O–H groups in total. The summed E-state index contributed by atoms with van der Waals surface area (Å²) in [7, 11) is 0. The van der Waals surface area contributed by atoms with Crippen molar-refractivity contribution in [3.8, 4) is 0 Å². The molecule has 0 aliphatic carbocycles. The maximum atomic E-state index is 13.4. The molecule has 0 bridgehead atoms. The highest BCUT2D eigenvalue weighted by molar-refractivity contribution is 5.92. The molecule has 0 radical (unpaired) electrons. The number of nitrogens with zero attached hydrogens (tertiary/aromatic N) is 2. The summed E-state index contributed by atoms with van der Waals surface area (Å²) in [5.41, 5.74) is 1.73. The monoisotopic (exact) mass is 550 g/mol. The third-order valence-corrected chi connectivity index (χ3v) is 6.22. The van der Waals surface area contributed by atoms with Crippen molar-refractivity contribution in [2.45, 2.75) is 72.2 Å². The van der Waals surface area contributed by atoms with Gasteiger partial charge in [0.1, 0.15) is 12.6 Å². The minimum atomic E-state index is -0.905. The summed E-state index contributed by atoms with van der Waals surface area (Å²) in [4.78, 5) is 51.6. The maximum absolute atomic E-state index is 13.4. The molecule has 0 unspecified atom stereocenters. The minimum Gasteiger partial charge on any atom is -0.445 e. The van der Waals surface area contributed by atoms with Crippen molar-refractivity contribution in [3.63, 3.8) is 0 Å². The molecule has 1 aromatic heterocycles. The number of ether oxygens (including phenoxy) is 1. The van der Waals surface area contributed by atoms with Gasteiger partial charge in [-0.05, 0) is 35.8 Å². The topological polar surface area (TPSA) is 133 Å². The van der Waals surface area contributed by atoms with Gasteiger partial charge in [0.2, 0.25) is 5.91 Å². The van der Waals surface area contributed by atoms with Crippen LogP contribution in [0.1, 0.15) is 57.5 Å². The van der Waals surface area contributed by atoms with Gasteiger partial charge < -0.3 is 15.4 Å². The molecule has 2 atom stereocenters. The number of Topliss-reactive ketones (excluding diaryl/α,β-unsaturated/α-hetero) is 1. The number of ketones is 1. The number of nitrogens with one attached hydrogen (secondary N) is 2. The Labute approximate surface area is 234 Å². The third kappa shape index (κ3) is 9.52. The van der Waals surface area contributed by atoms with Crippen LogP contribution in [-0.2, 0) is 33.9 Å². The van der Waals surface area contributed by atoms with E-state index >= 15 is 0 Å². The van der Waals surface area contributed by atoms with Crippen LogP contribution in [0.5, 0.6) is 0 Å². The number of carbonyl (C=O) groups is 3. The number of hydrogen-bond acceptors (Lipinski definition) is 7. The highest BCUT2D eigenvalue weighted by Gasteiger charge is 2.29. The van der Waals surface area contributed by atoms with Crippen LogP contribution in [0.4, 0.5) is 4.79 Å². The van der Waals surface area contributed by atoms with Crippen LogP contribution < -0.4 is 16.4 Å². The third-order valence-electron chi connectivity index (χ3n) is 6.22. The molecule has 0 fully saturated rings. The average molecular weight is 551 g/mol. The summed E-state index contributed by atoms with van der Waals surface area (Å²) in [5.74, 6) is -1.12. The molecule has 2 amide bonds. The Bertz CT molecular complexity index is 1300. The van der Waals surface area contributed by atoms with Crippen LogP contribution in [0.15, 0.2) is 70.0 Å². The Morgan fingerprint density at radius 3 is 2.02 bits per heavy atom. The largest absolute Gasteiger partial charge is 0.445 e. The molecule has 2 aromatic carbocycles. The van der Waals surface area contributed by atoms with E-state index in [1.165, 1.54) is 4.57 Å². The van der Waals surface area contributed by atoms with Crippen molar-refractivity contribution < 1.29 is 23.6 Å². The van der Waals surface area contributed by atoms with Gasteiger partial charge in [0.25, 0.3) is 0 Å². The van der Waals surface area contributed by atoms with Gasteiger partial charge in [0.15, 0.2) is 11.6 Å². The van der Waals surface area contributed by atoms with E-state index in [9.17, 15) is 19.2 Å². The second-order valence-electron chi connectivity index (χ2n) is 10.7. The molecule has 0 saturated heterocycles. The lowest BCUT2D eigenvalue weighted by Gasteiger charge is -2.25. The van der Waals surface area contributed by atoms with Crippen LogP contribution >= 0.6 is 0 Å². The van der Waals surface area contributed by atoms with E-state index in [0.29, 0.717) is 25.1 Å². The van der Waals surface area contributed by atoms with Crippen LogP contribution in [0.25, 0.3) is 0 Å². The van der Waals surface area contributed by atoms with E-state index < -0.39 is 29.8 Å². The van der Waals surface area contributed by atoms with Gasteiger partial charge in [0.05, 0.1) is 12.6 Å². The molecule has 10 heteroatoms. The van der Waals surface area contributed by atoms with Gasteiger partial charge in [-0.3, -0.25) is 18.7 Å². The van der Waals surface area contributed by atoms with Crippen LogP contribution in [-0.4, -0.2) is 39.6 Å². The SMILES string of the molecule is CC(C)C[C@H](NC(=O)[C@H](CC(C)C)NC(=O)OCc1ccccc1)C(=O)Cn1c(Cc2ccccc2)noc1=O. The van der Waals surface area contributed by atoms with Gasteiger partial charge in [-0.25, -0.2) is 9.59 Å². The molecule has 0 aliphatic rings. The predicted molar refractivity (Wildman–Crippen MR) is 149 cm³/mol. The van der Waals surface area contributed by atoms with Crippen molar-refractivity contribution in [3.05, 3.63) is 88.2 Å². The lowest BCUT2D eigenvalue weighted by atomic mass is 9.98. The number of amides is 2. The van der Waals surface area contributed by atoms with E-state index in [0.717, 1.165) is 11.1 Å². The van der Waals surface area contributed by atoms with E-state index in [-0.39, 0.29) is 30.8 Å². The molecule has 0 saturated carbocycles. The van der Waals surface area contributed by atoms with Gasteiger partial charge >= 0.3 is 11.8 Å². The quantitative estimate of drug-likeness (QED) is 0.311. The van der Waals surface area contributed by atoms with E-state index in [4.69, 9.17) is 9.26 Å².